The molecule has 0 aliphatic carbocycles. The molecular weight excluding hydrogens is 240 g/mol. The highest BCUT2D eigenvalue weighted by Gasteiger charge is 2.17. The fourth-order valence-corrected chi connectivity index (χ4v) is 2.33. The monoisotopic (exact) mass is 260 g/mol. The van der Waals surface area contributed by atoms with Crippen LogP contribution in [0.5, 0.6) is 0 Å². The van der Waals surface area contributed by atoms with Crippen LogP contribution in [0, 0.1) is 6.92 Å². The van der Waals surface area contributed by atoms with Crippen LogP contribution in [0.4, 0.5) is 0 Å². The molecule has 0 unspecified atom stereocenters. The predicted molar refractivity (Wildman–Crippen MR) is 73.9 cm³/mol. The Kier molecular flexibility index (Phi) is 4.55. The molecule has 0 aromatic heterocycles. The Morgan fingerprint density at radius 2 is 1.84 bits per heavy atom. The molecule has 1 aliphatic rings. The predicted octanol–water partition coefficient (Wildman–Crippen LogP) is 1.74. The fraction of sp³-hybridized carbons (Fsp3) is 0.467. The largest absolute Gasteiger partial charge is 0.343 e. The summed E-state index contributed by atoms with van der Waals surface area (Å²) in [5, 5.41) is 2.71. The van der Waals surface area contributed by atoms with Crippen molar-refractivity contribution in [1.82, 2.24) is 10.2 Å². The van der Waals surface area contributed by atoms with Crippen LogP contribution in [-0.4, -0.2) is 36.3 Å². The van der Waals surface area contributed by atoms with E-state index in [1.165, 1.54) is 6.42 Å². The molecule has 1 heterocycles. The van der Waals surface area contributed by atoms with Gasteiger partial charge < -0.3 is 10.2 Å². The number of carbonyl (C=O) groups excluding carboxylic acids is 2. The fourth-order valence-electron chi connectivity index (χ4n) is 2.33. The van der Waals surface area contributed by atoms with Gasteiger partial charge in [0.05, 0.1) is 6.54 Å². The number of hydrogen-bond donors (Lipinski definition) is 1. The average molecular weight is 260 g/mol. The van der Waals surface area contributed by atoms with Gasteiger partial charge in [-0.3, -0.25) is 9.59 Å². The van der Waals surface area contributed by atoms with Crippen LogP contribution in [0.2, 0.25) is 0 Å². The molecule has 1 aromatic carbocycles. The van der Waals surface area contributed by atoms with Crippen LogP contribution in [0.25, 0.3) is 0 Å². The molecule has 1 aliphatic heterocycles. The third-order valence-corrected chi connectivity index (χ3v) is 3.50. The van der Waals surface area contributed by atoms with E-state index in [0.717, 1.165) is 31.5 Å². The standard InChI is InChI=1S/C15H20N2O2/c1-12-7-3-4-8-13(12)15(19)16-11-14(18)17-9-5-2-6-10-17/h3-4,7-8H,2,5-6,9-11H2,1H3,(H,16,19). The molecule has 2 rings (SSSR count). The second-order valence-corrected chi connectivity index (χ2v) is 4.94. The number of likely N-dealkylation sites (tertiary alicyclic amines) is 1. The Morgan fingerprint density at radius 1 is 1.16 bits per heavy atom. The Bertz CT molecular complexity index is 465. The maximum atomic E-state index is 12.0. The lowest BCUT2D eigenvalue weighted by Gasteiger charge is -2.26. The van der Waals surface area contributed by atoms with Crippen molar-refractivity contribution in [3.8, 4) is 0 Å². The van der Waals surface area contributed by atoms with Gasteiger partial charge in [-0.2, -0.15) is 0 Å². The van der Waals surface area contributed by atoms with Crippen molar-refractivity contribution in [2.75, 3.05) is 19.6 Å². The minimum Gasteiger partial charge on any atom is -0.343 e. The van der Waals surface area contributed by atoms with E-state index >= 15 is 0 Å². The number of nitrogens with zero attached hydrogens (tertiary/aromatic N) is 1. The van der Waals surface area contributed by atoms with Gasteiger partial charge in [0.2, 0.25) is 5.91 Å². The minimum absolute atomic E-state index is 0.0154. The van der Waals surface area contributed by atoms with E-state index in [-0.39, 0.29) is 18.4 Å². The highest BCUT2D eigenvalue weighted by atomic mass is 16.2. The summed E-state index contributed by atoms with van der Waals surface area (Å²) in [6, 6.07) is 7.39. The molecule has 0 saturated carbocycles. The average Bonchev–Trinajstić information content (AvgIpc) is 2.46. The first-order valence-electron chi connectivity index (χ1n) is 6.80. The van der Waals surface area contributed by atoms with Crippen LogP contribution in [-0.2, 0) is 4.79 Å². The van der Waals surface area contributed by atoms with Crippen LogP contribution in [0.3, 0.4) is 0 Å². The third kappa shape index (κ3) is 3.56. The number of nitrogens with one attached hydrogen (secondary N) is 1. The highest BCUT2D eigenvalue weighted by Crippen LogP contribution is 2.09. The van der Waals surface area contributed by atoms with Crippen molar-refractivity contribution in [3.05, 3.63) is 35.4 Å². The SMILES string of the molecule is Cc1ccccc1C(=O)NCC(=O)N1CCCCC1. The Morgan fingerprint density at radius 3 is 2.53 bits per heavy atom. The van der Waals surface area contributed by atoms with Crippen LogP contribution in [0.1, 0.15) is 35.2 Å². The van der Waals surface area contributed by atoms with Crippen LogP contribution in [0.15, 0.2) is 24.3 Å². The normalized spacial score (nSPS) is 15.1. The summed E-state index contributed by atoms with van der Waals surface area (Å²) < 4.78 is 0. The molecule has 0 radical (unpaired) electrons. The molecule has 0 spiro atoms. The first-order valence-corrected chi connectivity index (χ1v) is 6.80. The Balaban J connectivity index is 1.86. The molecule has 1 N–H and O–H groups in total. The van der Waals surface area contributed by atoms with Gasteiger partial charge >= 0.3 is 0 Å². The summed E-state index contributed by atoms with van der Waals surface area (Å²) in [4.78, 5) is 25.7. The lowest BCUT2D eigenvalue weighted by Crippen LogP contribution is -2.42. The maximum absolute atomic E-state index is 12.0. The van der Waals surface area contributed by atoms with E-state index in [9.17, 15) is 9.59 Å². The maximum Gasteiger partial charge on any atom is 0.251 e. The summed E-state index contributed by atoms with van der Waals surface area (Å²) >= 11 is 0. The van der Waals surface area contributed by atoms with Gasteiger partial charge in [0.25, 0.3) is 5.91 Å². The van der Waals surface area contributed by atoms with Crippen molar-refractivity contribution in [3.63, 3.8) is 0 Å². The van der Waals surface area contributed by atoms with E-state index < -0.39 is 0 Å². The molecule has 0 atom stereocenters. The number of benzene rings is 1. The van der Waals surface area contributed by atoms with Crippen molar-refractivity contribution in [2.45, 2.75) is 26.2 Å². The van der Waals surface area contributed by atoms with Crippen LogP contribution < -0.4 is 5.32 Å². The quantitative estimate of drug-likeness (QED) is 0.900. The second kappa shape index (κ2) is 6.36. The number of aryl methyl sites for hydroxylation is 1. The summed E-state index contributed by atoms with van der Waals surface area (Å²) in [5.41, 5.74) is 1.55. The highest BCUT2D eigenvalue weighted by molar-refractivity contribution is 5.97. The smallest absolute Gasteiger partial charge is 0.251 e. The molecule has 4 nitrogen and oxygen atoms in total. The van der Waals surface area contributed by atoms with Crippen molar-refractivity contribution in [1.29, 1.82) is 0 Å². The molecule has 2 amide bonds. The number of carbonyl (C=O) groups is 2. The van der Waals surface area contributed by atoms with Gasteiger partial charge in [-0.25, -0.2) is 0 Å². The van der Waals surface area contributed by atoms with E-state index in [0.29, 0.717) is 5.56 Å². The summed E-state index contributed by atoms with van der Waals surface area (Å²) in [5.74, 6) is -0.162. The minimum atomic E-state index is -0.177. The van der Waals surface area contributed by atoms with Crippen molar-refractivity contribution in [2.24, 2.45) is 0 Å². The zero-order valence-corrected chi connectivity index (χ0v) is 11.3. The van der Waals surface area contributed by atoms with E-state index in [4.69, 9.17) is 0 Å². The summed E-state index contributed by atoms with van der Waals surface area (Å²) in [7, 11) is 0. The van der Waals surface area contributed by atoms with Crippen LogP contribution >= 0.6 is 0 Å². The van der Waals surface area contributed by atoms with E-state index in [2.05, 4.69) is 5.32 Å². The third-order valence-electron chi connectivity index (χ3n) is 3.50. The Hall–Kier alpha value is -1.84. The number of rotatable bonds is 3. The molecule has 1 fully saturated rings. The molecular formula is C15H20N2O2. The number of hydrogen-bond acceptors (Lipinski definition) is 2. The summed E-state index contributed by atoms with van der Waals surface area (Å²) in [6.07, 6.45) is 3.33. The van der Waals surface area contributed by atoms with Gasteiger partial charge in [0.1, 0.15) is 0 Å². The first-order chi connectivity index (χ1) is 9.18. The molecule has 1 saturated heterocycles. The van der Waals surface area contributed by atoms with E-state index in [1.807, 2.05) is 30.0 Å². The summed E-state index contributed by atoms with van der Waals surface area (Å²) in [6.45, 7) is 3.62. The van der Waals surface area contributed by atoms with Gasteiger partial charge in [0.15, 0.2) is 0 Å². The Labute approximate surface area is 113 Å². The number of piperidine rings is 1. The van der Waals surface area contributed by atoms with Crippen molar-refractivity contribution >= 4 is 11.8 Å². The van der Waals surface area contributed by atoms with Crippen molar-refractivity contribution < 1.29 is 9.59 Å². The lowest BCUT2D eigenvalue weighted by molar-refractivity contribution is -0.130. The molecule has 4 heteroatoms. The lowest BCUT2D eigenvalue weighted by atomic mass is 10.1. The van der Waals surface area contributed by atoms with Gasteiger partial charge in [-0.05, 0) is 37.8 Å². The number of amides is 2. The molecule has 1 aromatic rings. The molecule has 102 valence electrons. The molecule has 0 bridgehead atoms. The second-order valence-electron chi connectivity index (χ2n) is 4.94. The zero-order valence-electron chi connectivity index (χ0n) is 11.3. The van der Waals surface area contributed by atoms with Gasteiger partial charge in [0, 0.05) is 18.7 Å². The molecule has 19 heavy (non-hydrogen) atoms. The van der Waals surface area contributed by atoms with Gasteiger partial charge in [-0.15, -0.1) is 0 Å². The zero-order chi connectivity index (χ0) is 13.7. The van der Waals surface area contributed by atoms with Gasteiger partial charge in [-0.1, -0.05) is 18.2 Å². The van der Waals surface area contributed by atoms with E-state index in [1.54, 1.807) is 6.07 Å². The topological polar surface area (TPSA) is 49.4 Å². The first kappa shape index (κ1) is 13.6.